The number of fused-ring (bicyclic) bond motifs is 7. The summed E-state index contributed by atoms with van der Waals surface area (Å²) in [6.07, 6.45) is 0. The van der Waals surface area contributed by atoms with E-state index >= 15 is 0 Å². The van der Waals surface area contributed by atoms with Gasteiger partial charge in [-0.05, 0) is 94.3 Å². The second kappa shape index (κ2) is 8.30. The highest BCUT2D eigenvalue weighted by Gasteiger charge is 2.11. The Hall–Kier alpha value is -4.94. The fourth-order valence-electron chi connectivity index (χ4n) is 6.15. The van der Waals surface area contributed by atoms with E-state index < -0.39 is 0 Å². The third-order valence-electron chi connectivity index (χ3n) is 8.02. The van der Waals surface area contributed by atoms with Crippen LogP contribution in [0, 0.1) is 0 Å². The van der Waals surface area contributed by atoms with Crippen molar-refractivity contribution in [3.05, 3.63) is 146 Å². The minimum Gasteiger partial charge on any atom is -0.0616 e. The van der Waals surface area contributed by atoms with Crippen LogP contribution in [0.2, 0.25) is 0 Å². The van der Waals surface area contributed by atoms with Crippen LogP contribution >= 0.6 is 0 Å². The smallest absolute Gasteiger partial charge is 0.00990 e. The lowest BCUT2D eigenvalue weighted by Crippen LogP contribution is -1.86. The monoisotopic (exact) mass is 480 g/mol. The average Bonchev–Trinajstić information content (AvgIpc) is 2.99. The molecule has 0 nitrogen and oxygen atoms in total. The van der Waals surface area contributed by atoms with Crippen LogP contribution in [-0.4, -0.2) is 0 Å². The molecule has 176 valence electrons. The molecule has 0 heterocycles. The Morgan fingerprint density at radius 3 is 1.53 bits per heavy atom. The molecule has 0 amide bonds. The first-order valence-corrected chi connectivity index (χ1v) is 13.2. The van der Waals surface area contributed by atoms with Gasteiger partial charge in [-0.3, -0.25) is 0 Å². The molecule has 0 aliphatic carbocycles. The first kappa shape index (κ1) is 21.2. The molecule has 0 aliphatic heterocycles. The van der Waals surface area contributed by atoms with Crippen molar-refractivity contribution in [1.82, 2.24) is 0 Å². The fourth-order valence-corrected chi connectivity index (χ4v) is 6.15. The number of rotatable bonds is 2. The maximum Gasteiger partial charge on any atom is -0.00990 e. The Bertz CT molecular complexity index is 2160. The summed E-state index contributed by atoms with van der Waals surface area (Å²) in [7, 11) is 0. The molecule has 38 heavy (non-hydrogen) atoms. The fraction of sp³-hybridized carbons (Fsp3) is 0. The van der Waals surface area contributed by atoms with Gasteiger partial charge in [-0.1, -0.05) is 127 Å². The Morgan fingerprint density at radius 1 is 0.237 bits per heavy atom. The Morgan fingerprint density at radius 2 is 0.737 bits per heavy atom. The lowest BCUT2D eigenvalue weighted by Gasteiger charge is -2.13. The van der Waals surface area contributed by atoms with Crippen LogP contribution in [0.25, 0.3) is 76.1 Å². The maximum absolute atomic E-state index is 2.36. The van der Waals surface area contributed by atoms with Crippen LogP contribution in [0.15, 0.2) is 146 Å². The van der Waals surface area contributed by atoms with E-state index in [9.17, 15) is 0 Å². The molecular formula is C38H24. The van der Waals surface area contributed by atoms with Crippen molar-refractivity contribution in [1.29, 1.82) is 0 Å². The van der Waals surface area contributed by atoms with Gasteiger partial charge in [0.05, 0.1) is 0 Å². The zero-order valence-corrected chi connectivity index (χ0v) is 20.9. The van der Waals surface area contributed by atoms with Crippen LogP contribution in [0.5, 0.6) is 0 Å². The third kappa shape index (κ3) is 3.24. The van der Waals surface area contributed by atoms with Gasteiger partial charge in [0.25, 0.3) is 0 Å². The number of hydrogen-bond donors (Lipinski definition) is 0. The van der Waals surface area contributed by atoms with Gasteiger partial charge in [0.2, 0.25) is 0 Å². The van der Waals surface area contributed by atoms with Gasteiger partial charge in [-0.25, -0.2) is 0 Å². The Labute approximate surface area is 221 Å². The predicted octanol–water partition coefficient (Wildman–Crippen LogP) is 10.8. The highest BCUT2D eigenvalue weighted by atomic mass is 14.1. The zero-order valence-electron chi connectivity index (χ0n) is 20.9. The largest absolute Gasteiger partial charge is 0.0616 e. The zero-order chi connectivity index (χ0) is 25.1. The summed E-state index contributed by atoms with van der Waals surface area (Å²) in [6, 6.07) is 53.4. The van der Waals surface area contributed by atoms with E-state index in [1.165, 1.54) is 76.1 Å². The van der Waals surface area contributed by atoms with Crippen LogP contribution in [0.3, 0.4) is 0 Å². The quantitative estimate of drug-likeness (QED) is 0.170. The lowest BCUT2D eigenvalue weighted by atomic mass is 9.91. The summed E-state index contributed by atoms with van der Waals surface area (Å²) in [5.41, 5.74) is 5.03. The molecule has 8 aromatic carbocycles. The van der Waals surface area contributed by atoms with Crippen LogP contribution < -0.4 is 0 Å². The molecule has 0 aromatic heterocycles. The van der Waals surface area contributed by atoms with Gasteiger partial charge in [0, 0.05) is 0 Å². The molecule has 0 aliphatic rings. The Kier molecular flexibility index (Phi) is 4.62. The summed E-state index contributed by atoms with van der Waals surface area (Å²) in [6.45, 7) is 0. The van der Waals surface area contributed by atoms with E-state index in [1.54, 1.807) is 0 Å². The Balaban J connectivity index is 1.28. The SMILES string of the molecule is c1cc(-c2ccc(-c3cc4ccccc4c4ccccc34)cc2)c2cc3ccc4ccccc4c3cc2c1. The number of benzene rings is 8. The van der Waals surface area contributed by atoms with Gasteiger partial charge in [0.15, 0.2) is 0 Å². The molecule has 0 spiro atoms. The van der Waals surface area contributed by atoms with Gasteiger partial charge < -0.3 is 0 Å². The topological polar surface area (TPSA) is 0 Å². The first-order chi connectivity index (χ1) is 18.8. The van der Waals surface area contributed by atoms with E-state index in [0.717, 1.165) is 0 Å². The standard InChI is InChI=1S/C38H24/c1-3-11-31-25(8-1)20-21-30-24-37-29(23-38(30)31)10-7-15-32(37)26-16-18-27(19-17-26)36-22-28-9-2-4-12-33(28)34-13-5-6-14-35(34)36/h1-24H. The summed E-state index contributed by atoms with van der Waals surface area (Å²) in [4.78, 5) is 0. The highest BCUT2D eigenvalue weighted by molar-refractivity contribution is 6.15. The minimum atomic E-state index is 1.24. The van der Waals surface area contributed by atoms with E-state index in [2.05, 4.69) is 146 Å². The van der Waals surface area contributed by atoms with E-state index in [0.29, 0.717) is 0 Å². The first-order valence-electron chi connectivity index (χ1n) is 13.2. The van der Waals surface area contributed by atoms with Crippen molar-refractivity contribution in [2.24, 2.45) is 0 Å². The molecule has 0 radical (unpaired) electrons. The molecule has 8 aromatic rings. The molecule has 0 unspecified atom stereocenters. The highest BCUT2D eigenvalue weighted by Crippen LogP contribution is 2.38. The molecule has 0 N–H and O–H groups in total. The molecule has 0 bridgehead atoms. The lowest BCUT2D eigenvalue weighted by molar-refractivity contribution is 1.64. The average molecular weight is 481 g/mol. The molecule has 8 rings (SSSR count). The molecule has 0 fully saturated rings. The third-order valence-corrected chi connectivity index (χ3v) is 8.02. The van der Waals surface area contributed by atoms with Crippen molar-refractivity contribution in [3.63, 3.8) is 0 Å². The molecule has 0 heteroatoms. The van der Waals surface area contributed by atoms with E-state index in [1.807, 2.05) is 0 Å². The molecular weight excluding hydrogens is 456 g/mol. The second-order valence-electron chi connectivity index (χ2n) is 10.2. The molecule has 0 saturated carbocycles. The van der Waals surface area contributed by atoms with Crippen LogP contribution in [-0.2, 0) is 0 Å². The van der Waals surface area contributed by atoms with Gasteiger partial charge in [-0.15, -0.1) is 0 Å². The van der Waals surface area contributed by atoms with Crippen molar-refractivity contribution in [3.8, 4) is 22.3 Å². The van der Waals surface area contributed by atoms with Gasteiger partial charge in [0.1, 0.15) is 0 Å². The van der Waals surface area contributed by atoms with Crippen LogP contribution in [0.4, 0.5) is 0 Å². The van der Waals surface area contributed by atoms with E-state index in [4.69, 9.17) is 0 Å². The second-order valence-corrected chi connectivity index (χ2v) is 10.2. The van der Waals surface area contributed by atoms with Gasteiger partial charge in [-0.2, -0.15) is 0 Å². The van der Waals surface area contributed by atoms with Crippen molar-refractivity contribution >= 4 is 53.9 Å². The maximum atomic E-state index is 2.36. The van der Waals surface area contributed by atoms with Crippen molar-refractivity contribution < 1.29 is 0 Å². The molecule has 0 atom stereocenters. The van der Waals surface area contributed by atoms with E-state index in [-0.39, 0.29) is 0 Å². The van der Waals surface area contributed by atoms with Crippen LogP contribution in [0.1, 0.15) is 0 Å². The summed E-state index contributed by atoms with van der Waals surface area (Å²) < 4.78 is 0. The van der Waals surface area contributed by atoms with Gasteiger partial charge >= 0.3 is 0 Å². The summed E-state index contributed by atoms with van der Waals surface area (Å²) in [5.74, 6) is 0. The molecule has 0 saturated heterocycles. The van der Waals surface area contributed by atoms with Crippen molar-refractivity contribution in [2.45, 2.75) is 0 Å². The predicted molar refractivity (Wildman–Crippen MR) is 165 cm³/mol. The van der Waals surface area contributed by atoms with Crippen molar-refractivity contribution in [2.75, 3.05) is 0 Å². The number of hydrogen-bond acceptors (Lipinski definition) is 0. The minimum absolute atomic E-state index is 1.24. The summed E-state index contributed by atoms with van der Waals surface area (Å²) >= 11 is 0. The summed E-state index contributed by atoms with van der Waals surface area (Å²) in [5, 5.41) is 12.9. The normalized spacial score (nSPS) is 11.7.